The maximum absolute atomic E-state index is 9.17. The van der Waals surface area contributed by atoms with Gasteiger partial charge in [0.15, 0.2) is 0 Å². The molecule has 3 heterocycles. The summed E-state index contributed by atoms with van der Waals surface area (Å²) in [4.78, 5) is 17.0. The lowest BCUT2D eigenvalue weighted by atomic mass is 10.1. The number of hydrogen-bond acceptors (Lipinski definition) is 6. The van der Waals surface area contributed by atoms with Gasteiger partial charge in [-0.2, -0.15) is 0 Å². The lowest BCUT2D eigenvalue weighted by Crippen LogP contribution is -2.47. The molecular formula is C21H26N4OS. The quantitative estimate of drug-likeness (QED) is 0.710. The second kappa shape index (κ2) is 8.33. The van der Waals surface area contributed by atoms with Crippen LogP contribution in [0.3, 0.4) is 0 Å². The summed E-state index contributed by atoms with van der Waals surface area (Å²) in [5.41, 5.74) is 1.24. The number of aryl methyl sites for hydroxylation is 1. The first-order chi connectivity index (χ1) is 13.3. The molecule has 0 bridgehead atoms. The predicted octanol–water partition coefficient (Wildman–Crippen LogP) is 2.96. The third kappa shape index (κ3) is 4.13. The molecule has 0 aliphatic carbocycles. The number of benzene rings is 1. The molecule has 1 fully saturated rings. The molecule has 0 saturated carbocycles. The van der Waals surface area contributed by atoms with E-state index in [4.69, 9.17) is 9.97 Å². The van der Waals surface area contributed by atoms with Crippen molar-refractivity contribution in [1.29, 1.82) is 0 Å². The van der Waals surface area contributed by atoms with Gasteiger partial charge in [-0.25, -0.2) is 9.97 Å². The smallest absolute Gasteiger partial charge is 0.141 e. The fourth-order valence-corrected chi connectivity index (χ4v) is 4.58. The van der Waals surface area contributed by atoms with Gasteiger partial charge < -0.3 is 10.0 Å². The first kappa shape index (κ1) is 18.3. The Hall–Kier alpha value is -2.02. The van der Waals surface area contributed by atoms with Crippen molar-refractivity contribution in [2.24, 2.45) is 0 Å². The molecule has 1 N–H and O–H groups in total. The number of anilines is 1. The Balaban J connectivity index is 1.66. The minimum atomic E-state index is 0.226. The number of nitrogens with zero attached hydrogens (tertiary/aromatic N) is 4. The number of thiophene rings is 1. The van der Waals surface area contributed by atoms with E-state index in [9.17, 15) is 5.11 Å². The van der Waals surface area contributed by atoms with Gasteiger partial charge in [-0.05, 0) is 18.1 Å². The molecule has 3 aromatic rings. The molecule has 0 spiro atoms. The van der Waals surface area contributed by atoms with E-state index in [1.807, 2.05) is 6.07 Å². The molecule has 1 aromatic carbocycles. The van der Waals surface area contributed by atoms with Crippen LogP contribution < -0.4 is 4.90 Å². The first-order valence-corrected chi connectivity index (χ1v) is 10.5. The third-order valence-electron chi connectivity index (χ3n) is 5.11. The molecule has 0 amide bonds. The van der Waals surface area contributed by atoms with Crippen molar-refractivity contribution in [3.63, 3.8) is 0 Å². The number of aliphatic hydroxyl groups excluding tert-OH is 1. The number of piperazine rings is 1. The highest BCUT2D eigenvalue weighted by Gasteiger charge is 2.21. The fraction of sp³-hybridized carbons (Fsp3) is 0.429. The van der Waals surface area contributed by atoms with Crippen LogP contribution in [-0.4, -0.2) is 59.3 Å². The van der Waals surface area contributed by atoms with E-state index in [1.54, 1.807) is 11.3 Å². The van der Waals surface area contributed by atoms with Gasteiger partial charge in [0.25, 0.3) is 0 Å². The largest absolute Gasteiger partial charge is 0.395 e. The highest BCUT2D eigenvalue weighted by atomic mass is 32.1. The summed E-state index contributed by atoms with van der Waals surface area (Å²) in [6.45, 7) is 6.97. The van der Waals surface area contributed by atoms with Crippen LogP contribution in [0.25, 0.3) is 10.2 Å². The molecule has 0 radical (unpaired) electrons. The maximum Gasteiger partial charge on any atom is 0.141 e. The summed E-state index contributed by atoms with van der Waals surface area (Å²) in [5, 5.41) is 10.4. The van der Waals surface area contributed by atoms with E-state index < -0.39 is 0 Å². The van der Waals surface area contributed by atoms with Gasteiger partial charge in [0, 0.05) is 44.0 Å². The number of fused-ring (bicyclic) bond motifs is 1. The zero-order chi connectivity index (χ0) is 18.6. The Bertz CT molecular complexity index is 888. The third-order valence-corrected chi connectivity index (χ3v) is 6.28. The number of rotatable bonds is 6. The second-order valence-corrected chi connectivity index (χ2v) is 8.08. The van der Waals surface area contributed by atoms with Crippen LogP contribution in [0.2, 0.25) is 0 Å². The van der Waals surface area contributed by atoms with Gasteiger partial charge in [-0.15, -0.1) is 11.3 Å². The van der Waals surface area contributed by atoms with Crippen molar-refractivity contribution < 1.29 is 5.11 Å². The molecule has 1 aliphatic heterocycles. The van der Waals surface area contributed by atoms with E-state index in [-0.39, 0.29) is 6.61 Å². The van der Waals surface area contributed by atoms with E-state index >= 15 is 0 Å². The average molecular weight is 383 g/mol. The molecular weight excluding hydrogens is 356 g/mol. The van der Waals surface area contributed by atoms with E-state index in [0.717, 1.165) is 62.0 Å². The van der Waals surface area contributed by atoms with E-state index in [2.05, 4.69) is 47.1 Å². The minimum Gasteiger partial charge on any atom is -0.395 e. The molecule has 6 heteroatoms. The summed E-state index contributed by atoms with van der Waals surface area (Å²) in [5.74, 6) is 1.97. The summed E-state index contributed by atoms with van der Waals surface area (Å²) in [6.07, 6.45) is 1.78. The second-order valence-electron chi connectivity index (χ2n) is 6.96. The summed E-state index contributed by atoms with van der Waals surface area (Å²) in [7, 11) is 0. The van der Waals surface area contributed by atoms with Gasteiger partial charge in [0.1, 0.15) is 16.5 Å². The van der Waals surface area contributed by atoms with Gasteiger partial charge in [-0.3, -0.25) is 4.90 Å². The highest BCUT2D eigenvalue weighted by molar-refractivity contribution is 7.18. The van der Waals surface area contributed by atoms with Crippen LogP contribution in [0.1, 0.15) is 23.2 Å². The van der Waals surface area contributed by atoms with Crippen LogP contribution >= 0.6 is 11.3 Å². The van der Waals surface area contributed by atoms with E-state index in [0.29, 0.717) is 0 Å². The van der Waals surface area contributed by atoms with Crippen LogP contribution in [0.15, 0.2) is 36.4 Å². The lowest BCUT2D eigenvalue weighted by Gasteiger charge is -2.35. The Morgan fingerprint density at radius 1 is 1.07 bits per heavy atom. The van der Waals surface area contributed by atoms with Crippen LogP contribution in [-0.2, 0) is 12.8 Å². The molecule has 27 heavy (non-hydrogen) atoms. The molecule has 5 nitrogen and oxygen atoms in total. The lowest BCUT2D eigenvalue weighted by molar-refractivity contribution is 0.188. The van der Waals surface area contributed by atoms with Crippen LogP contribution in [0.4, 0.5) is 5.82 Å². The molecule has 0 atom stereocenters. The minimum absolute atomic E-state index is 0.226. The molecule has 0 unspecified atom stereocenters. The fourth-order valence-electron chi connectivity index (χ4n) is 3.60. The molecule has 2 aromatic heterocycles. The van der Waals surface area contributed by atoms with Crippen molar-refractivity contribution in [2.45, 2.75) is 19.8 Å². The predicted molar refractivity (Wildman–Crippen MR) is 112 cm³/mol. The number of hydrogen-bond donors (Lipinski definition) is 1. The van der Waals surface area contributed by atoms with Crippen LogP contribution in [0, 0.1) is 0 Å². The summed E-state index contributed by atoms with van der Waals surface area (Å²) >= 11 is 1.79. The molecule has 1 saturated heterocycles. The SMILES string of the molecule is CCc1cc2c(N3CCN(CCO)CC3)nc(Cc3ccccc3)nc2s1. The van der Waals surface area contributed by atoms with Crippen molar-refractivity contribution in [3.05, 3.63) is 52.7 Å². The topological polar surface area (TPSA) is 52.5 Å². The van der Waals surface area contributed by atoms with Crippen molar-refractivity contribution in [2.75, 3.05) is 44.2 Å². The van der Waals surface area contributed by atoms with Crippen molar-refractivity contribution in [1.82, 2.24) is 14.9 Å². The van der Waals surface area contributed by atoms with Crippen molar-refractivity contribution >= 4 is 27.4 Å². The van der Waals surface area contributed by atoms with Gasteiger partial charge in [0.2, 0.25) is 0 Å². The van der Waals surface area contributed by atoms with Gasteiger partial charge >= 0.3 is 0 Å². The monoisotopic (exact) mass is 382 g/mol. The molecule has 4 rings (SSSR count). The maximum atomic E-state index is 9.17. The number of β-amino-alcohol motifs (C(OH)–C–C–N with tert-alkyl or cyclic N) is 1. The zero-order valence-corrected chi connectivity index (χ0v) is 16.6. The Labute approximate surface area is 164 Å². The normalized spacial score (nSPS) is 15.6. The summed E-state index contributed by atoms with van der Waals surface area (Å²) < 4.78 is 0. The Morgan fingerprint density at radius 3 is 2.56 bits per heavy atom. The Morgan fingerprint density at radius 2 is 1.85 bits per heavy atom. The first-order valence-electron chi connectivity index (χ1n) is 9.68. The standard InChI is InChI=1S/C21H26N4OS/c1-2-17-15-18-20(25-10-8-24(9-11-25)12-13-26)22-19(23-21(18)27-17)14-16-6-4-3-5-7-16/h3-7,15,26H,2,8-14H2,1H3. The number of aliphatic hydroxyl groups is 1. The molecule has 142 valence electrons. The van der Waals surface area contributed by atoms with Crippen LogP contribution in [0.5, 0.6) is 0 Å². The van der Waals surface area contributed by atoms with Gasteiger partial charge in [0.05, 0.1) is 12.0 Å². The van der Waals surface area contributed by atoms with E-state index in [1.165, 1.54) is 15.8 Å². The summed E-state index contributed by atoms with van der Waals surface area (Å²) in [6, 6.07) is 12.7. The molecule has 1 aliphatic rings. The highest BCUT2D eigenvalue weighted by Crippen LogP contribution is 2.32. The number of aromatic nitrogens is 2. The zero-order valence-electron chi connectivity index (χ0n) is 15.8. The average Bonchev–Trinajstić information content (AvgIpc) is 3.12. The van der Waals surface area contributed by atoms with Crippen molar-refractivity contribution in [3.8, 4) is 0 Å². The Kier molecular flexibility index (Phi) is 5.66. The van der Waals surface area contributed by atoms with Gasteiger partial charge in [-0.1, -0.05) is 37.3 Å².